The molecule has 4 nitrogen and oxygen atoms in total. The van der Waals surface area contributed by atoms with Crippen molar-refractivity contribution >= 4 is 15.6 Å². The van der Waals surface area contributed by atoms with Crippen molar-refractivity contribution in [2.45, 2.75) is 29.9 Å². The number of hydrogen-bond acceptors (Lipinski definition) is 4. The highest BCUT2D eigenvalue weighted by atomic mass is 32.2. The van der Waals surface area contributed by atoms with Crippen LogP contribution in [0.4, 0.5) is 0 Å². The smallest absolute Gasteiger partial charge is 0.192 e. The van der Waals surface area contributed by atoms with E-state index in [9.17, 15) is 13.2 Å². The van der Waals surface area contributed by atoms with E-state index in [1.807, 2.05) is 12.1 Å². The molecule has 25 heavy (non-hydrogen) atoms. The molecular formula is C20H23NO3S. The molecule has 0 saturated carbocycles. The molecule has 0 fully saturated rings. The lowest BCUT2D eigenvalue weighted by atomic mass is 9.98. The second kappa shape index (κ2) is 7.10. The van der Waals surface area contributed by atoms with E-state index >= 15 is 0 Å². The van der Waals surface area contributed by atoms with Crippen molar-refractivity contribution in [1.82, 2.24) is 4.90 Å². The Morgan fingerprint density at radius 1 is 1.00 bits per heavy atom. The third-order valence-corrected chi connectivity index (χ3v) is 6.96. The van der Waals surface area contributed by atoms with Crippen LogP contribution in [0.2, 0.25) is 0 Å². The van der Waals surface area contributed by atoms with Gasteiger partial charge in [0.05, 0.1) is 4.90 Å². The van der Waals surface area contributed by atoms with Crippen LogP contribution < -0.4 is 0 Å². The standard InChI is InChI=1S/C20H23NO3S/c1-15(22)20(25(23,24)19-6-4-3-5-7-19)18-9-8-16-10-12-21(2)13-11-17(16)14-18/h3-9,14,20H,10-13H2,1-2H3. The molecule has 0 N–H and O–H groups in total. The quantitative estimate of drug-likeness (QED) is 0.844. The minimum atomic E-state index is -3.76. The summed E-state index contributed by atoms with van der Waals surface area (Å²) in [5.41, 5.74) is 2.96. The Balaban J connectivity index is 2.04. The number of ketones is 1. The third-order valence-electron chi connectivity index (χ3n) is 4.81. The van der Waals surface area contributed by atoms with Crippen molar-refractivity contribution in [3.63, 3.8) is 0 Å². The van der Waals surface area contributed by atoms with Crippen LogP contribution in [-0.4, -0.2) is 39.2 Å². The fourth-order valence-electron chi connectivity index (χ4n) is 3.40. The zero-order valence-corrected chi connectivity index (χ0v) is 15.4. The summed E-state index contributed by atoms with van der Waals surface area (Å²) in [5.74, 6) is -0.352. The number of fused-ring (bicyclic) bond motifs is 1. The number of benzene rings is 2. The van der Waals surface area contributed by atoms with Gasteiger partial charge in [-0.1, -0.05) is 36.4 Å². The molecule has 5 heteroatoms. The van der Waals surface area contributed by atoms with E-state index in [1.165, 1.54) is 12.5 Å². The van der Waals surface area contributed by atoms with Gasteiger partial charge in [-0.05, 0) is 55.6 Å². The number of sulfone groups is 1. The van der Waals surface area contributed by atoms with Crippen molar-refractivity contribution in [3.05, 3.63) is 65.2 Å². The van der Waals surface area contributed by atoms with Crippen LogP contribution in [0.25, 0.3) is 0 Å². The second-order valence-electron chi connectivity index (χ2n) is 6.68. The lowest BCUT2D eigenvalue weighted by molar-refractivity contribution is -0.116. The van der Waals surface area contributed by atoms with Crippen LogP contribution in [-0.2, 0) is 27.5 Å². The van der Waals surface area contributed by atoms with Crippen LogP contribution in [0, 0.1) is 0 Å². The summed E-state index contributed by atoms with van der Waals surface area (Å²) in [5, 5.41) is -1.15. The minimum absolute atomic E-state index is 0.185. The van der Waals surface area contributed by atoms with Gasteiger partial charge in [0, 0.05) is 13.1 Å². The average molecular weight is 357 g/mol. The maximum atomic E-state index is 13.0. The van der Waals surface area contributed by atoms with Gasteiger partial charge in [-0.2, -0.15) is 0 Å². The largest absolute Gasteiger partial charge is 0.306 e. The first-order chi connectivity index (χ1) is 11.9. The Morgan fingerprint density at radius 2 is 1.64 bits per heavy atom. The maximum absolute atomic E-state index is 13.0. The van der Waals surface area contributed by atoms with Gasteiger partial charge in [-0.15, -0.1) is 0 Å². The number of carbonyl (C=O) groups excluding carboxylic acids is 1. The van der Waals surface area contributed by atoms with E-state index in [1.54, 1.807) is 36.4 Å². The molecule has 1 atom stereocenters. The molecule has 0 spiro atoms. The van der Waals surface area contributed by atoms with Gasteiger partial charge >= 0.3 is 0 Å². The zero-order valence-electron chi connectivity index (χ0n) is 14.6. The number of hydrogen-bond donors (Lipinski definition) is 0. The van der Waals surface area contributed by atoms with E-state index in [0.29, 0.717) is 5.56 Å². The highest BCUT2D eigenvalue weighted by Crippen LogP contribution is 2.31. The van der Waals surface area contributed by atoms with E-state index in [4.69, 9.17) is 0 Å². The molecule has 1 aliphatic heterocycles. The fraction of sp³-hybridized carbons (Fsp3) is 0.350. The summed E-state index contributed by atoms with van der Waals surface area (Å²) in [6, 6.07) is 13.9. The Bertz CT molecular complexity index is 875. The Morgan fingerprint density at radius 3 is 2.28 bits per heavy atom. The van der Waals surface area contributed by atoms with Crippen molar-refractivity contribution in [2.24, 2.45) is 0 Å². The Labute approximate surface area is 149 Å². The molecule has 0 amide bonds. The van der Waals surface area contributed by atoms with Crippen molar-refractivity contribution in [1.29, 1.82) is 0 Å². The molecule has 1 aliphatic rings. The van der Waals surface area contributed by atoms with Crippen LogP contribution in [0.5, 0.6) is 0 Å². The third kappa shape index (κ3) is 3.67. The van der Waals surface area contributed by atoms with Gasteiger partial charge in [-0.25, -0.2) is 8.42 Å². The van der Waals surface area contributed by atoms with Crippen LogP contribution in [0.3, 0.4) is 0 Å². The van der Waals surface area contributed by atoms with Crippen LogP contribution in [0.15, 0.2) is 53.4 Å². The fourth-order valence-corrected chi connectivity index (χ4v) is 5.15. The molecule has 3 rings (SSSR count). The van der Waals surface area contributed by atoms with Gasteiger partial charge < -0.3 is 4.90 Å². The Hall–Kier alpha value is -1.98. The zero-order chi connectivity index (χ0) is 18.0. The molecule has 1 heterocycles. The number of rotatable bonds is 4. The average Bonchev–Trinajstić information content (AvgIpc) is 2.77. The number of likely N-dealkylation sites (N-methyl/N-ethyl adjacent to an activating group) is 1. The van der Waals surface area contributed by atoms with Gasteiger partial charge in [0.2, 0.25) is 0 Å². The van der Waals surface area contributed by atoms with Gasteiger partial charge in [-0.3, -0.25) is 4.79 Å². The van der Waals surface area contributed by atoms with E-state index in [-0.39, 0.29) is 10.7 Å². The van der Waals surface area contributed by atoms with Crippen LogP contribution >= 0.6 is 0 Å². The molecule has 132 valence electrons. The first kappa shape index (κ1) is 17.8. The van der Waals surface area contributed by atoms with Crippen LogP contribution in [0.1, 0.15) is 28.9 Å². The van der Waals surface area contributed by atoms with Gasteiger partial charge in [0.15, 0.2) is 15.6 Å². The first-order valence-electron chi connectivity index (χ1n) is 8.49. The molecule has 1 unspecified atom stereocenters. The maximum Gasteiger partial charge on any atom is 0.192 e. The summed E-state index contributed by atoms with van der Waals surface area (Å²) in [4.78, 5) is 14.7. The SMILES string of the molecule is CC(=O)C(c1ccc2c(c1)CCN(C)CC2)S(=O)(=O)c1ccccc1. The first-order valence-corrected chi connectivity index (χ1v) is 10.0. The summed E-state index contributed by atoms with van der Waals surface area (Å²) >= 11 is 0. The molecule has 0 bridgehead atoms. The molecule has 0 aliphatic carbocycles. The Kier molecular flexibility index (Phi) is 5.06. The lowest BCUT2D eigenvalue weighted by Crippen LogP contribution is -2.21. The second-order valence-corrected chi connectivity index (χ2v) is 8.71. The van der Waals surface area contributed by atoms with Gasteiger partial charge in [0.25, 0.3) is 0 Å². The minimum Gasteiger partial charge on any atom is -0.306 e. The van der Waals surface area contributed by atoms with Crippen molar-refractivity contribution < 1.29 is 13.2 Å². The summed E-state index contributed by atoms with van der Waals surface area (Å²) in [7, 11) is -1.67. The number of Topliss-reactive ketones (excluding diaryl/α,β-unsaturated/α-hetero) is 1. The summed E-state index contributed by atoms with van der Waals surface area (Å²) in [6.07, 6.45) is 1.82. The summed E-state index contributed by atoms with van der Waals surface area (Å²) < 4.78 is 26.1. The predicted molar refractivity (Wildman–Crippen MR) is 98.4 cm³/mol. The molecule has 0 aromatic heterocycles. The molecular weight excluding hydrogens is 334 g/mol. The highest BCUT2D eigenvalue weighted by molar-refractivity contribution is 7.92. The monoisotopic (exact) mass is 357 g/mol. The topological polar surface area (TPSA) is 54.5 Å². The summed E-state index contributed by atoms with van der Waals surface area (Å²) in [6.45, 7) is 3.28. The molecule has 2 aromatic rings. The van der Waals surface area contributed by atoms with E-state index < -0.39 is 15.1 Å². The van der Waals surface area contributed by atoms with Gasteiger partial charge in [0.1, 0.15) is 5.25 Å². The molecule has 0 radical (unpaired) electrons. The highest BCUT2D eigenvalue weighted by Gasteiger charge is 2.33. The van der Waals surface area contributed by atoms with E-state index in [0.717, 1.165) is 31.5 Å². The molecule has 2 aromatic carbocycles. The predicted octanol–water partition coefficient (Wildman–Crippen LogP) is 2.82. The number of carbonyl (C=O) groups is 1. The van der Waals surface area contributed by atoms with Crippen molar-refractivity contribution in [3.8, 4) is 0 Å². The van der Waals surface area contributed by atoms with E-state index in [2.05, 4.69) is 11.9 Å². The number of nitrogens with zero attached hydrogens (tertiary/aromatic N) is 1. The normalized spacial score (nSPS) is 16.7. The molecule has 0 saturated heterocycles. The lowest BCUT2D eigenvalue weighted by Gasteiger charge is -2.17. The van der Waals surface area contributed by atoms with Crippen molar-refractivity contribution in [2.75, 3.05) is 20.1 Å².